The second-order valence-electron chi connectivity index (χ2n) is 3.21. The Morgan fingerprint density at radius 2 is 2.40 bits per heavy atom. The summed E-state index contributed by atoms with van der Waals surface area (Å²) in [7, 11) is 1.82. The van der Waals surface area contributed by atoms with Gasteiger partial charge in [-0.3, -0.25) is 0 Å². The summed E-state index contributed by atoms with van der Waals surface area (Å²) in [4.78, 5) is 11.6. The molecule has 0 aliphatic rings. The maximum atomic E-state index is 11.6. The first kappa shape index (κ1) is 9.98. The van der Waals surface area contributed by atoms with E-state index in [2.05, 4.69) is 0 Å². The molecule has 0 spiro atoms. The van der Waals surface area contributed by atoms with Crippen LogP contribution in [-0.2, 0) is 18.4 Å². The van der Waals surface area contributed by atoms with Crippen molar-refractivity contribution in [1.29, 1.82) is 0 Å². The number of rotatable bonds is 3. The molecule has 2 heterocycles. The van der Waals surface area contributed by atoms with Gasteiger partial charge in [-0.1, -0.05) is 0 Å². The molecular formula is C11H11NO2S. The Hall–Kier alpha value is -1.55. The molecule has 2 aromatic rings. The molecule has 4 heteroatoms. The van der Waals surface area contributed by atoms with E-state index in [-0.39, 0.29) is 5.97 Å². The number of hydrogen-bond donors (Lipinski definition) is 0. The highest BCUT2D eigenvalue weighted by molar-refractivity contribution is 7.07. The van der Waals surface area contributed by atoms with Crippen molar-refractivity contribution in [3.05, 3.63) is 46.4 Å². The first-order valence-corrected chi connectivity index (χ1v) is 5.51. The fourth-order valence-corrected chi connectivity index (χ4v) is 1.92. The number of carbonyl (C=O) groups excluding carboxylic acids is 1. The predicted molar refractivity (Wildman–Crippen MR) is 58.9 cm³/mol. The van der Waals surface area contributed by atoms with Gasteiger partial charge in [0.05, 0.1) is 0 Å². The zero-order valence-electron chi connectivity index (χ0n) is 8.34. The van der Waals surface area contributed by atoms with E-state index >= 15 is 0 Å². The van der Waals surface area contributed by atoms with Crippen LogP contribution in [0.4, 0.5) is 0 Å². The molecule has 78 valence electrons. The fourth-order valence-electron chi connectivity index (χ4n) is 1.27. The number of ether oxygens (including phenoxy) is 1. The SMILES string of the molecule is Cn1cccc1C(=O)OCc1ccsc1. The zero-order valence-corrected chi connectivity index (χ0v) is 9.16. The van der Waals surface area contributed by atoms with E-state index in [1.54, 1.807) is 22.0 Å². The number of thiophene rings is 1. The van der Waals surface area contributed by atoms with Crippen molar-refractivity contribution >= 4 is 17.3 Å². The van der Waals surface area contributed by atoms with Crippen LogP contribution in [0.2, 0.25) is 0 Å². The Bertz CT molecular complexity index is 445. The van der Waals surface area contributed by atoms with Crippen molar-refractivity contribution in [3.8, 4) is 0 Å². The van der Waals surface area contributed by atoms with Crippen LogP contribution in [0.25, 0.3) is 0 Å². The smallest absolute Gasteiger partial charge is 0.355 e. The van der Waals surface area contributed by atoms with Crippen molar-refractivity contribution in [2.45, 2.75) is 6.61 Å². The molecule has 0 N–H and O–H groups in total. The molecule has 15 heavy (non-hydrogen) atoms. The second-order valence-corrected chi connectivity index (χ2v) is 3.99. The molecule has 0 saturated heterocycles. The summed E-state index contributed by atoms with van der Waals surface area (Å²) in [6.45, 7) is 0.341. The maximum absolute atomic E-state index is 11.6. The molecular weight excluding hydrogens is 210 g/mol. The molecule has 0 aliphatic heterocycles. The molecule has 0 atom stereocenters. The van der Waals surface area contributed by atoms with Gasteiger partial charge in [-0.15, -0.1) is 0 Å². The normalized spacial score (nSPS) is 10.2. The summed E-state index contributed by atoms with van der Waals surface area (Å²) in [5, 5.41) is 3.93. The maximum Gasteiger partial charge on any atom is 0.355 e. The lowest BCUT2D eigenvalue weighted by Crippen LogP contribution is -2.09. The van der Waals surface area contributed by atoms with E-state index in [0.29, 0.717) is 12.3 Å². The Morgan fingerprint density at radius 1 is 1.53 bits per heavy atom. The van der Waals surface area contributed by atoms with Gasteiger partial charge in [-0.05, 0) is 29.0 Å². The molecule has 0 fully saturated rings. The molecule has 0 bridgehead atoms. The highest BCUT2D eigenvalue weighted by Gasteiger charge is 2.09. The van der Waals surface area contributed by atoms with E-state index in [1.807, 2.05) is 36.1 Å². The number of esters is 1. The molecule has 0 unspecified atom stereocenters. The van der Waals surface area contributed by atoms with Crippen molar-refractivity contribution in [2.24, 2.45) is 7.05 Å². The van der Waals surface area contributed by atoms with E-state index in [0.717, 1.165) is 5.56 Å². The lowest BCUT2D eigenvalue weighted by molar-refractivity contribution is 0.0462. The summed E-state index contributed by atoms with van der Waals surface area (Å²) in [5.41, 5.74) is 1.60. The Labute approximate surface area is 91.9 Å². The Kier molecular flexibility index (Phi) is 2.87. The third kappa shape index (κ3) is 2.27. The van der Waals surface area contributed by atoms with Crippen LogP contribution < -0.4 is 0 Å². The summed E-state index contributed by atoms with van der Waals surface area (Å²) >= 11 is 1.60. The van der Waals surface area contributed by atoms with Gasteiger partial charge in [0.2, 0.25) is 0 Å². The topological polar surface area (TPSA) is 31.2 Å². The van der Waals surface area contributed by atoms with Crippen LogP contribution in [0, 0.1) is 0 Å². The molecule has 2 aromatic heterocycles. The molecule has 2 rings (SSSR count). The van der Waals surface area contributed by atoms with Crippen LogP contribution in [0.5, 0.6) is 0 Å². The molecule has 0 aromatic carbocycles. The fraction of sp³-hybridized carbons (Fsp3) is 0.182. The number of nitrogens with zero attached hydrogens (tertiary/aromatic N) is 1. The zero-order chi connectivity index (χ0) is 10.7. The first-order chi connectivity index (χ1) is 7.27. The monoisotopic (exact) mass is 221 g/mol. The summed E-state index contributed by atoms with van der Waals surface area (Å²) in [6, 6.07) is 5.51. The van der Waals surface area contributed by atoms with E-state index in [4.69, 9.17) is 4.74 Å². The summed E-state index contributed by atoms with van der Waals surface area (Å²) in [6.07, 6.45) is 1.82. The lowest BCUT2D eigenvalue weighted by atomic mass is 10.4. The average Bonchev–Trinajstić information content (AvgIpc) is 2.84. The number of aromatic nitrogens is 1. The van der Waals surface area contributed by atoms with E-state index in [1.165, 1.54) is 0 Å². The minimum absolute atomic E-state index is 0.284. The van der Waals surface area contributed by atoms with Gasteiger partial charge in [0.25, 0.3) is 0 Å². The standard InChI is InChI=1S/C11H11NO2S/c1-12-5-2-3-10(12)11(13)14-7-9-4-6-15-8-9/h2-6,8H,7H2,1H3. The first-order valence-electron chi connectivity index (χ1n) is 4.57. The van der Waals surface area contributed by atoms with Gasteiger partial charge in [0, 0.05) is 18.8 Å². The van der Waals surface area contributed by atoms with Crippen molar-refractivity contribution in [3.63, 3.8) is 0 Å². The van der Waals surface area contributed by atoms with Crippen LogP contribution in [-0.4, -0.2) is 10.5 Å². The van der Waals surface area contributed by atoms with Crippen molar-refractivity contribution < 1.29 is 9.53 Å². The van der Waals surface area contributed by atoms with Crippen LogP contribution in [0.1, 0.15) is 16.1 Å². The largest absolute Gasteiger partial charge is 0.456 e. The van der Waals surface area contributed by atoms with E-state index < -0.39 is 0 Å². The van der Waals surface area contributed by atoms with Crippen LogP contribution in [0.3, 0.4) is 0 Å². The average molecular weight is 221 g/mol. The molecule has 0 amide bonds. The summed E-state index contributed by atoms with van der Waals surface area (Å²) in [5.74, 6) is -0.284. The summed E-state index contributed by atoms with van der Waals surface area (Å²) < 4.78 is 6.90. The molecule has 0 aliphatic carbocycles. The number of aryl methyl sites for hydroxylation is 1. The minimum atomic E-state index is -0.284. The van der Waals surface area contributed by atoms with Crippen LogP contribution in [0.15, 0.2) is 35.2 Å². The predicted octanol–water partition coefficient (Wildman–Crippen LogP) is 2.44. The van der Waals surface area contributed by atoms with Gasteiger partial charge in [-0.2, -0.15) is 11.3 Å². The van der Waals surface area contributed by atoms with Gasteiger partial charge in [0.1, 0.15) is 12.3 Å². The highest BCUT2D eigenvalue weighted by Crippen LogP contribution is 2.09. The van der Waals surface area contributed by atoms with Crippen LogP contribution >= 0.6 is 11.3 Å². The van der Waals surface area contributed by atoms with Gasteiger partial charge in [0.15, 0.2) is 0 Å². The molecule has 0 saturated carbocycles. The Balaban J connectivity index is 1.96. The van der Waals surface area contributed by atoms with E-state index in [9.17, 15) is 4.79 Å². The van der Waals surface area contributed by atoms with Gasteiger partial charge >= 0.3 is 5.97 Å². The quantitative estimate of drug-likeness (QED) is 0.745. The van der Waals surface area contributed by atoms with Crippen molar-refractivity contribution in [2.75, 3.05) is 0 Å². The van der Waals surface area contributed by atoms with Crippen molar-refractivity contribution in [1.82, 2.24) is 4.57 Å². The third-order valence-corrected chi connectivity index (χ3v) is 2.83. The number of carbonyl (C=O) groups is 1. The second kappa shape index (κ2) is 4.31. The molecule has 0 radical (unpaired) electrons. The van der Waals surface area contributed by atoms with Gasteiger partial charge < -0.3 is 9.30 Å². The third-order valence-electron chi connectivity index (χ3n) is 2.10. The van der Waals surface area contributed by atoms with Gasteiger partial charge in [-0.25, -0.2) is 4.79 Å². The molecule has 3 nitrogen and oxygen atoms in total. The minimum Gasteiger partial charge on any atom is -0.456 e. The number of hydrogen-bond acceptors (Lipinski definition) is 3. The highest BCUT2D eigenvalue weighted by atomic mass is 32.1. The lowest BCUT2D eigenvalue weighted by Gasteiger charge is -2.03. The Morgan fingerprint density at radius 3 is 3.00 bits per heavy atom.